The molecule has 3 heteroatoms. The van der Waals surface area contributed by atoms with E-state index in [9.17, 15) is 5.11 Å². The third-order valence-electron chi connectivity index (χ3n) is 3.18. The Morgan fingerprint density at radius 2 is 2.00 bits per heavy atom. The molecule has 15 heavy (non-hydrogen) atoms. The first-order valence-electron chi connectivity index (χ1n) is 5.67. The van der Waals surface area contributed by atoms with Crippen LogP contribution in [0.3, 0.4) is 0 Å². The van der Waals surface area contributed by atoms with Crippen molar-refractivity contribution in [2.45, 2.75) is 31.7 Å². The van der Waals surface area contributed by atoms with Gasteiger partial charge < -0.3 is 10.4 Å². The topological polar surface area (TPSA) is 45.1 Å². The van der Waals surface area contributed by atoms with Gasteiger partial charge in [-0.1, -0.05) is 12.8 Å². The van der Waals surface area contributed by atoms with Gasteiger partial charge in [0, 0.05) is 36.6 Å². The number of aliphatic hydroxyl groups is 1. The second-order valence-corrected chi connectivity index (χ2v) is 4.21. The Kier molecular flexibility index (Phi) is 3.56. The highest BCUT2D eigenvalue weighted by Gasteiger charge is 2.23. The van der Waals surface area contributed by atoms with Gasteiger partial charge >= 0.3 is 0 Å². The summed E-state index contributed by atoms with van der Waals surface area (Å²) in [6.45, 7) is 0.294. The SMILES string of the molecule is OCC1CCCCC1Nc1ccncc1. The van der Waals surface area contributed by atoms with E-state index in [4.69, 9.17) is 0 Å². The van der Waals surface area contributed by atoms with Crippen LogP contribution in [0.15, 0.2) is 24.5 Å². The van der Waals surface area contributed by atoms with Crippen molar-refractivity contribution in [1.29, 1.82) is 0 Å². The van der Waals surface area contributed by atoms with Gasteiger partial charge in [-0.05, 0) is 25.0 Å². The molecule has 1 aromatic heterocycles. The highest BCUT2D eigenvalue weighted by molar-refractivity contribution is 5.42. The monoisotopic (exact) mass is 206 g/mol. The Bertz CT molecular complexity index is 289. The van der Waals surface area contributed by atoms with Crippen molar-refractivity contribution in [3.63, 3.8) is 0 Å². The van der Waals surface area contributed by atoms with Crippen molar-refractivity contribution in [1.82, 2.24) is 4.98 Å². The lowest BCUT2D eigenvalue weighted by molar-refractivity contribution is 0.178. The van der Waals surface area contributed by atoms with Crippen LogP contribution >= 0.6 is 0 Å². The summed E-state index contributed by atoms with van der Waals surface area (Å²) in [6, 6.07) is 4.37. The average Bonchev–Trinajstić information content (AvgIpc) is 2.31. The highest BCUT2D eigenvalue weighted by Crippen LogP contribution is 2.26. The molecule has 1 saturated carbocycles. The van der Waals surface area contributed by atoms with Crippen molar-refractivity contribution in [3.8, 4) is 0 Å². The maximum atomic E-state index is 9.29. The van der Waals surface area contributed by atoms with Crippen LogP contribution in [0, 0.1) is 5.92 Å². The molecule has 1 heterocycles. The number of pyridine rings is 1. The molecule has 0 saturated heterocycles. The summed E-state index contributed by atoms with van der Waals surface area (Å²) in [7, 11) is 0. The summed E-state index contributed by atoms with van der Waals surface area (Å²) in [4.78, 5) is 3.99. The maximum absolute atomic E-state index is 9.29. The fourth-order valence-electron chi connectivity index (χ4n) is 2.28. The van der Waals surface area contributed by atoms with E-state index >= 15 is 0 Å². The van der Waals surface area contributed by atoms with Crippen LogP contribution in [0.2, 0.25) is 0 Å². The van der Waals surface area contributed by atoms with Gasteiger partial charge in [-0.2, -0.15) is 0 Å². The second kappa shape index (κ2) is 5.12. The van der Waals surface area contributed by atoms with Gasteiger partial charge in [0.1, 0.15) is 0 Å². The van der Waals surface area contributed by atoms with Gasteiger partial charge in [-0.15, -0.1) is 0 Å². The van der Waals surface area contributed by atoms with E-state index in [0.29, 0.717) is 18.6 Å². The molecule has 1 aromatic rings. The fraction of sp³-hybridized carbons (Fsp3) is 0.583. The minimum absolute atomic E-state index is 0.294. The summed E-state index contributed by atoms with van der Waals surface area (Å²) in [6.07, 6.45) is 8.39. The Morgan fingerprint density at radius 3 is 2.73 bits per heavy atom. The first kappa shape index (κ1) is 10.4. The molecule has 2 atom stereocenters. The predicted molar refractivity (Wildman–Crippen MR) is 60.7 cm³/mol. The highest BCUT2D eigenvalue weighted by atomic mass is 16.3. The number of hydrogen-bond acceptors (Lipinski definition) is 3. The van der Waals surface area contributed by atoms with Crippen molar-refractivity contribution < 1.29 is 5.11 Å². The van der Waals surface area contributed by atoms with Gasteiger partial charge in [0.15, 0.2) is 0 Å². The molecule has 82 valence electrons. The van der Waals surface area contributed by atoms with E-state index in [-0.39, 0.29) is 0 Å². The van der Waals surface area contributed by atoms with Crippen LogP contribution in [0.5, 0.6) is 0 Å². The molecule has 1 aliphatic rings. The zero-order valence-electron chi connectivity index (χ0n) is 8.89. The van der Waals surface area contributed by atoms with Crippen molar-refractivity contribution in [3.05, 3.63) is 24.5 Å². The Labute approximate surface area is 90.5 Å². The number of rotatable bonds is 3. The fourth-order valence-corrected chi connectivity index (χ4v) is 2.28. The van der Waals surface area contributed by atoms with Crippen molar-refractivity contribution >= 4 is 5.69 Å². The molecule has 1 aliphatic carbocycles. The second-order valence-electron chi connectivity index (χ2n) is 4.21. The quantitative estimate of drug-likeness (QED) is 0.795. The molecule has 2 rings (SSSR count). The zero-order chi connectivity index (χ0) is 10.5. The van der Waals surface area contributed by atoms with Crippen molar-refractivity contribution in [2.75, 3.05) is 11.9 Å². The standard InChI is InChI=1S/C12H18N2O/c15-9-10-3-1-2-4-12(10)14-11-5-7-13-8-6-11/h5-8,10,12,15H,1-4,9H2,(H,13,14). The molecule has 0 aliphatic heterocycles. The largest absolute Gasteiger partial charge is 0.396 e. The molecule has 1 fully saturated rings. The van der Waals surface area contributed by atoms with Gasteiger partial charge in [0.25, 0.3) is 0 Å². The molecule has 3 nitrogen and oxygen atoms in total. The van der Waals surface area contributed by atoms with E-state index in [1.54, 1.807) is 12.4 Å². The molecule has 0 spiro atoms. The summed E-state index contributed by atoms with van der Waals surface area (Å²) >= 11 is 0. The molecule has 0 radical (unpaired) electrons. The average molecular weight is 206 g/mol. The van der Waals surface area contributed by atoms with E-state index in [1.807, 2.05) is 12.1 Å². The first-order valence-corrected chi connectivity index (χ1v) is 5.67. The number of anilines is 1. The lowest BCUT2D eigenvalue weighted by atomic mass is 9.85. The summed E-state index contributed by atoms with van der Waals surface area (Å²) < 4.78 is 0. The summed E-state index contributed by atoms with van der Waals surface area (Å²) in [5.41, 5.74) is 1.11. The third kappa shape index (κ3) is 2.69. The van der Waals surface area contributed by atoms with Crippen LogP contribution in [-0.2, 0) is 0 Å². The summed E-state index contributed by atoms with van der Waals surface area (Å²) in [5, 5.41) is 12.8. The minimum Gasteiger partial charge on any atom is -0.396 e. The lowest BCUT2D eigenvalue weighted by Crippen LogP contribution is -2.34. The molecular weight excluding hydrogens is 188 g/mol. The molecule has 2 N–H and O–H groups in total. The Balaban J connectivity index is 1.97. The first-order chi connectivity index (χ1) is 7.40. The van der Waals surface area contributed by atoms with Gasteiger partial charge in [0.05, 0.1) is 0 Å². The molecule has 0 aromatic carbocycles. The number of aromatic nitrogens is 1. The van der Waals surface area contributed by atoms with Crippen molar-refractivity contribution in [2.24, 2.45) is 5.92 Å². The number of hydrogen-bond donors (Lipinski definition) is 2. The molecule has 0 bridgehead atoms. The minimum atomic E-state index is 0.294. The number of aliphatic hydroxyl groups excluding tert-OH is 1. The third-order valence-corrected chi connectivity index (χ3v) is 3.18. The van der Waals surface area contributed by atoms with E-state index < -0.39 is 0 Å². The van der Waals surface area contributed by atoms with E-state index in [0.717, 1.165) is 18.5 Å². The Morgan fingerprint density at radius 1 is 1.27 bits per heavy atom. The Hall–Kier alpha value is -1.09. The van der Waals surface area contributed by atoms with Crippen LogP contribution < -0.4 is 5.32 Å². The number of nitrogens with one attached hydrogen (secondary N) is 1. The zero-order valence-corrected chi connectivity index (χ0v) is 8.89. The van der Waals surface area contributed by atoms with Gasteiger partial charge in [-0.25, -0.2) is 0 Å². The van der Waals surface area contributed by atoms with E-state index in [2.05, 4.69) is 10.3 Å². The van der Waals surface area contributed by atoms with Gasteiger partial charge in [0.2, 0.25) is 0 Å². The van der Waals surface area contributed by atoms with Crippen LogP contribution in [-0.4, -0.2) is 22.7 Å². The maximum Gasteiger partial charge on any atom is 0.0478 e. The molecular formula is C12H18N2O. The number of nitrogens with zero attached hydrogens (tertiary/aromatic N) is 1. The molecule has 2 unspecified atom stereocenters. The van der Waals surface area contributed by atoms with E-state index in [1.165, 1.54) is 12.8 Å². The normalized spacial score (nSPS) is 26.2. The molecule has 0 amide bonds. The van der Waals surface area contributed by atoms with Gasteiger partial charge in [-0.3, -0.25) is 4.98 Å². The van der Waals surface area contributed by atoms with Crippen LogP contribution in [0.25, 0.3) is 0 Å². The lowest BCUT2D eigenvalue weighted by Gasteiger charge is -2.31. The smallest absolute Gasteiger partial charge is 0.0478 e. The predicted octanol–water partition coefficient (Wildman–Crippen LogP) is 2.04. The van der Waals surface area contributed by atoms with Crippen LogP contribution in [0.1, 0.15) is 25.7 Å². The van der Waals surface area contributed by atoms with Crippen LogP contribution in [0.4, 0.5) is 5.69 Å². The summed E-state index contributed by atoms with van der Waals surface area (Å²) in [5.74, 6) is 0.409.